The molecule has 0 fully saturated rings. The molecule has 106 valence electrons. The van der Waals surface area contributed by atoms with Crippen LogP contribution in [0.1, 0.15) is 30.6 Å². The summed E-state index contributed by atoms with van der Waals surface area (Å²) >= 11 is 1.36. The van der Waals surface area contributed by atoms with Gasteiger partial charge in [-0.15, -0.1) is 11.8 Å². The molecule has 1 aliphatic rings. The van der Waals surface area contributed by atoms with E-state index in [2.05, 4.69) is 0 Å². The van der Waals surface area contributed by atoms with Crippen LogP contribution in [0.5, 0.6) is 0 Å². The fourth-order valence-electron chi connectivity index (χ4n) is 2.08. The average Bonchev–Trinajstić information content (AvgIpc) is 2.44. The van der Waals surface area contributed by atoms with Crippen molar-refractivity contribution in [3.63, 3.8) is 0 Å². The van der Waals surface area contributed by atoms with E-state index in [9.17, 15) is 14.4 Å². The van der Waals surface area contributed by atoms with Crippen LogP contribution in [0.25, 0.3) is 0 Å². The number of benzene rings is 1. The maximum absolute atomic E-state index is 12.0. The molecule has 1 unspecified atom stereocenters. The number of amides is 1. The predicted octanol–water partition coefficient (Wildman–Crippen LogP) is 2.19. The van der Waals surface area contributed by atoms with E-state index in [-0.39, 0.29) is 17.4 Å². The lowest BCUT2D eigenvalue weighted by molar-refractivity contribution is -0.139. The molecule has 0 saturated carbocycles. The zero-order chi connectivity index (χ0) is 14.9. The number of rotatable bonds is 4. The van der Waals surface area contributed by atoms with E-state index in [0.29, 0.717) is 17.7 Å². The van der Waals surface area contributed by atoms with Gasteiger partial charge in [-0.25, -0.2) is 4.79 Å². The molecular weight excluding hydrogens is 278 g/mol. The number of thioether (sulfide) groups is 1. The van der Waals surface area contributed by atoms with Gasteiger partial charge < -0.3 is 5.11 Å². The molecule has 1 heterocycles. The van der Waals surface area contributed by atoms with Gasteiger partial charge in [0.2, 0.25) is 5.91 Å². The Bertz CT molecular complexity index is 585. The zero-order valence-electron chi connectivity index (χ0n) is 11.3. The smallest absolute Gasteiger partial charge is 0.326 e. The van der Waals surface area contributed by atoms with Gasteiger partial charge in [-0.1, -0.05) is 13.0 Å². The zero-order valence-corrected chi connectivity index (χ0v) is 12.1. The molecule has 1 aliphatic heterocycles. The fourth-order valence-corrected chi connectivity index (χ4v) is 2.97. The minimum atomic E-state index is -1.07. The summed E-state index contributed by atoms with van der Waals surface area (Å²) in [5.41, 5.74) is 1.02. The molecular formula is C14H15NO4S. The largest absolute Gasteiger partial charge is 0.480 e. The third-order valence-electron chi connectivity index (χ3n) is 3.23. The molecule has 2 rings (SSSR count). The maximum atomic E-state index is 12.0. The molecule has 6 heteroatoms. The van der Waals surface area contributed by atoms with E-state index in [1.165, 1.54) is 23.6 Å². The van der Waals surface area contributed by atoms with Crippen molar-refractivity contribution in [3.05, 3.63) is 23.8 Å². The van der Waals surface area contributed by atoms with Crippen molar-refractivity contribution in [2.75, 3.05) is 10.7 Å². The Labute approximate surface area is 121 Å². The van der Waals surface area contributed by atoms with Crippen molar-refractivity contribution in [1.29, 1.82) is 0 Å². The van der Waals surface area contributed by atoms with Gasteiger partial charge in [-0.2, -0.15) is 0 Å². The first-order valence-corrected chi connectivity index (χ1v) is 7.29. The first-order valence-electron chi connectivity index (χ1n) is 6.30. The highest BCUT2D eigenvalue weighted by molar-refractivity contribution is 8.00. The molecule has 1 aromatic rings. The normalized spacial score (nSPS) is 15.7. The number of carbonyl (C=O) groups is 3. The van der Waals surface area contributed by atoms with Crippen LogP contribution in [0.3, 0.4) is 0 Å². The van der Waals surface area contributed by atoms with Crippen LogP contribution in [0.15, 0.2) is 23.1 Å². The number of carbonyl (C=O) groups excluding carboxylic acids is 2. The standard InChI is InChI=1S/C14H15NO4S/c1-3-11(16)9-4-5-12-10(6-9)15(8(2)14(18)19)13(17)7-20-12/h4-6,8H,3,7H2,1-2H3,(H,18,19). The fraction of sp³-hybridized carbons (Fsp3) is 0.357. The number of hydrogen-bond acceptors (Lipinski definition) is 4. The van der Waals surface area contributed by atoms with Crippen LogP contribution >= 0.6 is 11.8 Å². The van der Waals surface area contributed by atoms with Gasteiger partial charge in [0.25, 0.3) is 0 Å². The Balaban J connectivity index is 2.50. The van der Waals surface area contributed by atoms with E-state index < -0.39 is 12.0 Å². The lowest BCUT2D eigenvalue weighted by Crippen LogP contribution is -2.46. The number of ketones is 1. The van der Waals surface area contributed by atoms with Crippen LogP contribution in [-0.4, -0.2) is 34.6 Å². The molecule has 0 radical (unpaired) electrons. The molecule has 5 nitrogen and oxygen atoms in total. The second-order valence-corrected chi connectivity index (χ2v) is 5.54. The third kappa shape index (κ3) is 2.56. The van der Waals surface area contributed by atoms with Gasteiger partial charge in [0.15, 0.2) is 5.78 Å². The van der Waals surface area contributed by atoms with Crippen LogP contribution in [0.4, 0.5) is 5.69 Å². The maximum Gasteiger partial charge on any atom is 0.326 e. The molecule has 0 bridgehead atoms. The molecule has 0 aliphatic carbocycles. The Kier molecular flexibility index (Phi) is 4.13. The molecule has 0 saturated heterocycles. The van der Waals surface area contributed by atoms with Crippen LogP contribution in [0, 0.1) is 0 Å². The van der Waals surface area contributed by atoms with Gasteiger partial charge in [0.05, 0.1) is 11.4 Å². The summed E-state index contributed by atoms with van der Waals surface area (Å²) in [5.74, 6) is -1.13. The van der Waals surface area contributed by atoms with Crippen LogP contribution in [0.2, 0.25) is 0 Å². The molecule has 0 spiro atoms. The third-order valence-corrected chi connectivity index (χ3v) is 4.27. The van der Waals surface area contributed by atoms with Crippen molar-refractivity contribution < 1.29 is 19.5 Å². The second-order valence-electron chi connectivity index (χ2n) is 4.53. The summed E-state index contributed by atoms with van der Waals surface area (Å²) < 4.78 is 0. The van der Waals surface area contributed by atoms with Crippen molar-refractivity contribution in [2.24, 2.45) is 0 Å². The molecule has 1 atom stereocenters. The summed E-state index contributed by atoms with van der Waals surface area (Å²) in [7, 11) is 0. The van der Waals surface area contributed by atoms with Crippen molar-refractivity contribution in [2.45, 2.75) is 31.2 Å². The quantitative estimate of drug-likeness (QED) is 0.861. The van der Waals surface area contributed by atoms with Crippen molar-refractivity contribution >= 4 is 35.1 Å². The Hall–Kier alpha value is -1.82. The number of fused-ring (bicyclic) bond motifs is 1. The van der Waals surface area contributed by atoms with Crippen LogP contribution in [-0.2, 0) is 9.59 Å². The topological polar surface area (TPSA) is 74.7 Å². The highest BCUT2D eigenvalue weighted by Crippen LogP contribution is 2.37. The number of carboxylic acids is 1. The molecule has 1 N–H and O–H groups in total. The first-order chi connectivity index (χ1) is 9.45. The van der Waals surface area contributed by atoms with Gasteiger partial charge in [-0.3, -0.25) is 14.5 Å². The Morgan fingerprint density at radius 2 is 2.15 bits per heavy atom. The number of carboxylic acid groups (broad SMARTS) is 1. The molecule has 1 aromatic carbocycles. The average molecular weight is 293 g/mol. The lowest BCUT2D eigenvalue weighted by Gasteiger charge is -2.32. The van der Waals surface area contributed by atoms with Gasteiger partial charge in [0.1, 0.15) is 6.04 Å². The highest BCUT2D eigenvalue weighted by atomic mass is 32.2. The minimum Gasteiger partial charge on any atom is -0.480 e. The number of aliphatic carboxylic acids is 1. The van der Waals surface area contributed by atoms with Gasteiger partial charge >= 0.3 is 5.97 Å². The summed E-state index contributed by atoms with van der Waals surface area (Å²) in [5, 5.41) is 9.13. The summed E-state index contributed by atoms with van der Waals surface area (Å²) in [6.45, 7) is 3.23. The van der Waals surface area contributed by atoms with E-state index in [1.807, 2.05) is 0 Å². The van der Waals surface area contributed by atoms with Crippen molar-refractivity contribution in [1.82, 2.24) is 0 Å². The minimum absolute atomic E-state index is 0.0289. The Morgan fingerprint density at radius 3 is 2.75 bits per heavy atom. The first kappa shape index (κ1) is 14.6. The van der Waals surface area contributed by atoms with Gasteiger partial charge in [-0.05, 0) is 19.1 Å². The lowest BCUT2D eigenvalue weighted by atomic mass is 10.1. The second kappa shape index (κ2) is 5.66. The monoisotopic (exact) mass is 293 g/mol. The van der Waals surface area contributed by atoms with E-state index >= 15 is 0 Å². The number of Topliss-reactive ketones (excluding diaryl/α,β-unsaturated/α-hetero) is 1. The van der Waals surface area contributed by atoms with Gasteiger partial charge in [0, 0.05) is 16.9 Å². The van der Waals surface area contributed by atoms with E-state index in [4.69, 9.17) is 5.11 Å². The highest BCUT2D eigenvalue weighted by Gasteiger charge is 2.32. The summed E-state index contributed by atoms with van der Waals surface area (Å²) in [6, 6.07) is 4.16. The van der Waals surface area contributed by atoms with E-state index in [1.54, 1.807) is 25.1 Å². The SMILES string of the molecule is CCC(=O)c1ccc2c(c1)N(C(C)C(=O)O)C(=O)CS2. The number of hydrogen-bond donors (Lipinski definition) is 1. The predicted molar refractivity (Wildman–Crippen MR) is 76.4 cm³/mol. The Morgan fingerprint density at radius 1 is 1.45 bits per heavy atom. The summed E-state index contributed by atoms with van der Waals surface area (Å²) in [4.78, 5) is 37.0. The molecule has 0 aromatic heterocycles. The molecule has 1 amide bonds. The van der Waals surface area contributed by atoms with E-state index in [0.717, 1.165) is 4.90 Å². The van der Waals surface area contributed by atoms with Crippen LogP contribution < -0.4 is 4.90 Å². The van der Waals surface area contributed by atoms with Crippen molar-refractivity contribution in [3.8, 4) is 0 Å². The number of nitrogens with zero attached hydrogens (tertiary/aromatic N) is 1. The summed E-state index contributed by atoms with van der Waals surface area (Å²) in [6.07, 6.45) is 0.369. The molecule has 20 heavy (non-hydrogen) atoms. The number of anilines is 1.